The van der Waals surface area contributed by atoms with Crippen LogP contribution in [0.2, 0.25) is 0 Å². The first kappa shape index (κ1) is 22.6. The van der Waals surface area contributed by atoms with Gasteiger partial charge in [-0.1, -0.05) is 12.1 Å². The number of nitrogens with zero attached hydrogens (tertiary/aromatic N) is 3. The van der Waals surface area contributed by atoms with Gasteiger partial charge in [0.1, 0.15) is 17.6 Å². The molecule has 34 heavy (non-hydrogen) atoms. The van der Waals surface area contributed by atoms with Crippen LogP contribution in [0, 0.1) is 5.82 Å². The van der Waals surface area contributed by atoms with Crippen molar-refractivity contribution < 1.29 is 23.8 Å². The lowest BCUT2D eigenvalue weighted by atomic mass is 10.0. The van der Waals surface area contributed by atoms with Crippen LogP contribution in [0.5, 0.6) is 0 Å². The highest BCUT2D eigenvalue weighted by Crippen LogP contribution is 2.37. The molecule has 0 spiro atoms. The number of benzene rings is 1. The fourth-order valence-electron chi connectivity index (χ4n) is 5.56. The Morgan fingerprint density at radius 3 is 2.47 bits per heavy atom. The molecule has 3 aliphatic heterocycles. The van der Waals surface area contributed by atoms with Crippen molar-refractivity contribution in [1.82, 2.24) is 9.88 Å². The van der Waals surface area contributed by atoms with E-state index in [1.807, 2.05) is 15.9 Å². The Morgan fingerprint density at radius 1 is 1.09 bits per heavy atom. The second-order valence-electron chi connectivity index (χ2n) is 9.47. The second kappa shape index (κ2) is 9.21. The lowest BCUT2D eigenvalue weighted by Gasteiger charge is -2.39. The van der Waals surface area contributed by atoms with E-state index in [2.05, 4.69) is 4.98 Å². The van der Waals surface area contributed by atoms with Crippen LogP contribution in [0.25, 0.3) is 11.1 Å². The first-order chi connectivity index (χ1) is 16.4. The summed E-state index contributed by atoms with van der Waals surface area (Å²) in [6, 6.07) is 8.29. The molecule has 0 radical (unpaired) electrons. The van der Waals surface area contributed by atoms with Crippen molar-refractivity contribution in [3.63, 3.8) is 0 Å². The molecule has 3 unspecified atom stereocenters. The molecule has 0 aliphatic carbocycles. The molecule has 4 heterocycles. The highest BCUT2D eigenvalue weighted by atomic mass is 19.1. The number of carbonyl (C=O) groups excluding carboxylic acids is 2. The summed E-state index contributed by atoms with van der Waals surface area (Å²) >= 11 is 0. The van der Waals surface area contributed by atoms with Crippen LogP contribution in [0.4, 0.5) is 14.9 Å². The molecule has 1 aromatic heterocycles. The van der Waals surface area contributed by atoms with Gasteiger partial charge in [0.25, 0.3) is 5.91 Å². The number of primary amides is 1. The number of fused-ring (bicyclic) bond motifs is 2. The van der Waals surface area contributed by atoms with Gasteiger partial charge >= 0.3 is 6.09 Å². The summed E-state index contributed by atoms with van der Waals surface area (Å²) in [6.45, 7) is 1.11. The minimum Gasteiger partial charge on any atom is -0.444 e. The van der Waals surface area contributed by atoms with E-state index in [1.165, 1.54) is 18.3 Å². The fraction of sp³-hybridized carbons (Fsp3) is 0.480. The van der Waals surface area contributed by atoms with Crippen LogP contribution in [0.3, 0.4) is 0 Å². The molecule has 3 atom stereocenters. The zero-order chi connectivity index (χ0) is 23.8. The van der Waals surface area contributed by atoms with Gasteiger partial charge in [-0.25, -0.2) is 9.18 Å². The molecule has 0 saturated carbocycles. The van der Waals surface area contributed by atoms with E-state index in [0.717, 1.165) is 25.7 Å². The summed E-state index contributed by atoms with van der Waals surface area (Å²) in [5.41, 5.74) is 7.17. The molecule has 3 N–H and O–H groups in total. The number of rotatable bonds is 4. The zero-order valence-electron chi connectivity index (χ0n) is 18.9. The molecule has 8 nitrogen and oxygen atoms in total. The Labute approximate surface area is 197 Å². The summed E-state index contributed by atoms with van der Waals surface area (Å²) in [5.74, 6) is -0.981. The van der Waals surface area contributed by atoms with Gasteiger partial charge in [-0.15, -0.1) is 0 Å². The summed E-state index contributed by atoms with van der Waals surface area (Å²) in [6.07, 6.45) is 5.12. The van der Waals surface area contributed by atoms with Crippen molar-refractivity contribution >= 4 is 17.7 Å². The quantitative estimate of drug-likeness (QED) is 0.714. The summed E-state index contributed by atoms with van der Waals surface area (Å²) in [4.78, 5) is 31.9. The molecule has 3 saturated heterocycles. The number of carbonyl (C=O) groups is 2. The lowest BCUT2D eigenvalue weighted by molar-refractivity contribution is 0.00639. The third kappa shape index (κ3) is 4.44. The average Bonchev–Trinajstić information content (AvgIpc) is 3.10. The minimum absolute atomic E-state index is 0.0532. The second-order valence-corrected chi connectivity index (χ2v) is 9.47. The number of nitrogens with two attached hydrogens (primary N) is 1. The molecular formula is C25H29FN4O4. The highest BCUT2D eigenvalue weighted by Gasteiger charge is 2.44. The number of aromatic nitrogens is 1. The van der Waals surface area contributed by atoms with Crippen molar-refractivity contribution in [1.29, 1.82) is 0 Å². The van der Waals surface area contributed by atoms with Crippen LogP contribution in [-0.4, -0.2) is 64.4 Å². The van der Waals surface area contributed by atoms with Crippen LogP contribution in [0.15, 0.2) is 36.5 Å². The van der Waals surface area contributed by atoms with Crippen molar-refractivity contribution in [3.05, 3.63) is 48.0 Å². The van der Waals surface area contributed by atoms with Gasteiger partial charge in [0.15, 0.2) is 0 Å². The zero-order valence-corrected chi connectivity index (χ0v) is 18.9. The molecule has 180 valence electrons. The van der Waals surface area contributed by atoms with E-state index in [-0.39, 0.29) is 41.9 Å². The predicted molar refractivity (Wildman–Crippen MR) is 124 cm³/mol. The third-order valence-electron chi connectivity index (χ3n) is 7.20. The Hall–Kier alpha value is -3.20. The molecular weight excluding hydrogens is 439 g/mol. The lowest BCUT2D eigenvalue weighted by Crippen LogP contribution is -2.50. The monoisotopic (exact) mass is 468 g/mol. The third-order valence-corrected chi connectivity index (χ3v) is 7.20. The van der Waals surface area contributed by atoms with Crippen molar-refractivity contribution in [2.45, 2.75) is 62.8 Å². The number of piperidine rings is 2. The first-order valence-corrected chi connectivity index (χ1v) is 11.9. The summed E-state index contributed by atoms with van der Waals surface area (Å²) in [7, 11) is 0. The number of anilines is 1. The number of hydrogen-bond donors (Lipinski definition) is 2. The topological polar surface area (TPSA) is 109 Å². The number of aliphatic hydroxyl groups is 1. The number of aliphatic hydroxyl groups excluding tert-OH is 1. The van der Waals surface area contributed by atoms with Crippen molar-refractivity contribution in [2.24, 2.45) is 5.73 Å². The smallest absolute Gasteiger partial charge is 0.410 e. The Kier molecular flexibility index (Phi) is 6.12. The maximum absolute atomic E-state index is 15.1. The van der Waals surface area contributed by atoms with Gasteiger partial charge in [0.05, 0.1) is 18.3 Å². The Balaban J connectivity index is 1.25. The van der Waals surface area contributed by atoms with Gasteiger partial charge in [0.2, 0.25) is 0 Å². The molecule has 2 bridgehead atoms. The average molecular weight is 469 g/mol. The number of halogens is 1. The highest BCUT2D eigenvalue weighted by molar-refractivity contribution is 5.91. The molecule has 5 rings (SSSR count). The van der Waals surface area contributed by atoms with E-state index in [9.17, 15) is 14.7 Å². The molecule has 3 aliphatic rings. The van der Waals surface area contributed by atoms with E-state index >= 15 is 4.39 Å². The van der Waals surface area contributed by atoms with Gasteiger partial charge < -0.3 is 25.4 Å². The molecule has 2 aromatic rings. The van der Waals surface area contributed by atoms with E-state index < -0.39 is 5.91 Å². The number of ether oxygens (including phenoxy) is 1. The maximum Gasteiger partial charge on any atom is 0.410 e. The van der Waals surface area contributed by atoms with Crippen LogP contribution >= 0.6 is 0 Å². The van der Waals surface area contributed by atoms with Crippen LogP contribution < -0.4 is 10.6 Å². The summed E-state index contributed by atoms with van der Waals surface area (Å²) < 4.78 is 20.9. The standard InChI is InChI=1S/C25H29FN4O4/c26-21-10-15(16-3-7-22(24(27)32)28-13-16)4-8-23(21)29-9-1-2-20(14-29)34-25(33)30-17-5-6-18(30)12-19(31)11-17/h3-4,7-8,10,13,17-20,31H,1-2,5-6,9,11-12,14H2,(H2,27,32). The van der Waals surface area contributed by atoms with E-state index in [0.29, 0.717) is 42.7 Å². The number of amides is 2. The normalized spacial score (nSPS) is 26.4. The summed E-state index contributed by atoms with van der Waals surface area (Å²) in [5, 5.41) is 9.98. The SMILES string of the molecule is NC(=O)c1ccc(-c2ccc(N3CCCC(OC(=O)N4C5CCC4CC(O)C5)C3)c(F)c2)cn1. The van der Waals surface area contributed by atoms with Crippen LogP contribution in [0.1, 0.15) is 49.0 Å². The van der Waals surface area contributed by atoms with E-state index in [4.69, 9.17) is 10.5 Å². The molecule has 3 fully saturated rings. The van der Waals surface area contributed by atoms with Gasteiger partial charge in [-0.2, -0.15) is 0 Å². The van der Waals surface area contributed by atoms with Crippen LogP contribution in [-0.2, 0) is 4.74 Å². The van der Waals surface area contributed by atoms with E-state index in [1.54, 1.807) is 12.1 Å². The number of hydrogen-bond acceptors (Lipinski definition) is 6. The maximum atomic E-state index is 15.1. The minimum atomic E-state index is -0.612. The van der Waals surface area contributed by atoms with Crippen molar-refractivity contribution in [2.75, 3.05) is 18.0 Å². The predicted octanol–water partition coefficient (Wildman–Crippen LogP) is 3.08. The number of pyridine rings is 1. The Bertz CT molecular complexity index is 1070. The van der Waals surface area contributed by atoms with Gasteiger partial charge in [0, 0.05) is 30.4 Å². The van der Waals surface area contributed by atoms with Gasteiger partial charge in [-0.3, -0.25) is 9.78 Å². The van der Waals surface area contributed by atoms with Crippen molar-refractivity contribution in [3.8, 4) is 11.1 Å². The first-order valence-electron chi connectivity index (χ1n) is 11.9. The fourth-order valence-corrected chi connectivity index (χ4v) is 5.56. The molecule has 9 heteroatoms. The molecule has 2 amide bonds. The molecule has 1 aromatic carbocycles. The Morgan fingerprint density at radius 2 is 1.82 bits per heavy atom. The largest absolute Gasteiger partial charge is 0.444 e. The van der Waals surface area contributed by atoms with Gasteiger partial charge in [-0.05, 0) is 62.3 Å².